The number of ether oxygens (including phenoxy) is 1. The number of rotatable bonds is 7. The second-order valence-electron chi connectivity index (χ2n) is 4.31. The van der Waals surface area contributed by atoms with Gasteiger partial charge in [-0.25, -0.2) is 0 Å². The summed E-state index contributed by atoms with van der Waals surface area (Å²) in [5, 5.41) is 31.7. The Morgan fingerprint density at radius 1 is 1.37 bits per heavy atom. The Hall–Kier alpha value is -1.86. The number of nitrogens with zero attached hydrogens (tertiary/aromatic N) is 1. The highest BCUT2D eigenvalue weighted by Crippen LogP contribution is 2.31. The zero-order valence-corrected chi connectivity index (χ0v) is 10.9. The molecule has 0 unspecified atom stereocenters. The maximum atomic E-state index is 10.9. The Kier molecular flexibility index (Phi) is 5.53. The molecular weight excluding hydrogens is 252 g/mol. The highest BCUT2D eigenvalue weighted by molar-refractivity contribution is 5.58. The number of hydrogen-bond donors (Lipinski definition) is 3. The van der Waals surface area contributed by atoms with E-state index in [0.29, 0.717) is 5.69 Å². The van der Waals surface area contributed by atoms with Crippen molar-refractivity contribution in [1.82, 2.24) is 0 Å². The van der Waals surface area contributed by atoms with Crippen molar-refractivity contribution in [2.75, 3.05) is 18.5 Å². The van der Waals surface area contributed by atoms with Gasteiger partial charge in [0.15, 0.2) is 5.75 Å². The molecule has 0 saturated carbocycles. The van der Waals surface area contributed by atoms with Crippen LogP contribution >= 0.6 is 0 Å². The van der Waals surface area contributed by atoms with Gasteiger partial charge in [0.1, 0.15) is 0 Å². The van der Waals surface area contributed by atoms with E-state index in [4.69, 9.17) is 14.9 Å². The van der Waals surface area contributed by atoms with Gasteiger partial charge >= 0.3 is 5.69 Å². The SMILES string of the molecule is CC(C)Oc1cc(NC(CO)CO)ccc1[N+](=O)[O-]. The second-order valence-corrected chi connectivity index (χ2v) is 4.31. The molecule has 0 aromatic heterocycles. The lowest BCUT2D eigenvalue weighted by Gasteiger charge is -2.16. The highest BCUT2D eigenvalue weighted by atomic mass is 16.6. The van der Waals surface area contributed by atoms with Crippen LogP contribution in [0.4, 0.5) is 11.4 Å². The number of nitro groups is 1. The number of nitro benzene ring substituents is 1. The molecule has 19 heavy (non-hydrogen) atoms. The number of aliphatic hydroxyl groups excluding tert-OH is 2. The lowest BCUT2D eigenvalue weighted by atomic mass is 10.2. The van der Waals surface area contributed by atoms with Gasteiger partial charge in [-0.15, -0.1) is 0 Å². The summed E-state index contributed by atoms with van der Waals surface area (Å²) in [6.45, 7) is 3.06. The van der Waals surface area contributed by atoms with Crippen LogP contribution in [0.2, 0.25) is 0 Å². The third-order valence-corrected chi connectivity index (χ3v) is 2.33. The van der Waals surface area contributed by atoms with E-state index in [-0.39, 0.29) is 30.8 Å². The van der Waals surface area contributed by atoms with E-state index in [2.05, 4.69) is 5.32 Å². The van der Waals surface area contributed by atoms with Gasteiger partial charge in [0.2, 0.25) is 0 Å². The van der Waals surface area contributed by atoms with Gasteiger partial charge in [-0.05, 0) is 19.9 Å². The molecule has 0 spiro atoms. The summed E-state index contributed by atoms with van der Waals surface area (Å²) < 4.78 is 5.39. The number of benzene rings is 1. The summed E-state index contributed by atoms with van der Waals surface area (Å²) in [7, 11) is 0. The first-order valence-electron chi connectivity index (χ1n) is 5.91. The van der Waals surface area contributed by atoms with Crippen molar-refractivity contribution in [2.24, 2.45) is 0 Å². The summed E-state index contributed by atoms with van der Waals surface area (Å²) in [5.41, 5.74) is 0.415. The molecule has 1 rings (SSSR count). The van der Waals surface area contributed by atoms with E-state index in [1.54, 1.807) is 13.8 Å². The molecule has 7 nitrogen and oxygen atoms in total. The van der Waals surface area contributed by atoms with Crippen LogP contribution in [0.5, 0.6) is 5.75 Å². The molecule has 7 heteroatoms. The van der Waals surface area contributed by atoms with Gasteiger partial charge in [0, 0.05) is 17.8 Å². The van der Waals surface area contributed by atoms with Gasteiger partial charge in [-0.2, -0.15) is 0 Å². The van der Waals surface area contributed by atoms with Gasteiger partial charge in [0.25, 0.3) is 0 Å². The molecule has 106 valence electrons. The van der Waals surface area contributed by atoms with Crippen molar-refractivity contribution in [1.29, 1.82) is 0 Å². The minimum Gasteiger partial charge on any atom is -0.484 e. The first-order chi connectivity index (χ1) is 8.97. The summed E-state index contributed by atoms with van der Waals surface area (Å²) in [4.78, 5) is 10.4. The van der Waals surface area contributed by atoms with Crippen molar-refractivity contribution in [3.63, 3.8) is 0 Å². The van der Waals surface area contributed by atoms with Crippen LogP contribution in [0, 0.1) is 10.1 Å². The first kappa shape index (κ1) is 15.2. The molecule has 0 bridgehead atoms. The van der Waals surface area contributed by atoms with Crippen LogP contribution < -0.4 is 10.1 Å². The smallest absolute Gasteiger partial charge is 0.311 e. The molecule has 1 aromatic rings. The Bertz CT molecular complexity index is 432. The molecule has 0 amide bonds. The zero-order valence-electron chi connectivity index (χ0n) is 10.9. The fraction of sp³-hybridized carbons (Fsp3) is 0.500. The fourth-order valence-corrected chi connectivity index (χ4v) is 1.49. The molecule has 0 fully saturated rings. The lowest BCUT2D eigenvalue weighted by Crippen LogP contribution is -2.27. The van der Waals surface area contributed by atoms with Crippen LogP contribution in [0.25, 0.3) is 0 Å². The van der Waals surface area contributed by atoms with Crippen LogP contribution in [0.3, 0.4) is 0 Å². The third-order valence-electron chi connectivity index (χ3n) is 2.33. The number of anilines is 1. The molecule has 0 aliphatic carbocycles. The summed E-state index contributed by atoms with van der Waals surface area (Å²) in [5.74, 6) is 0.152. The minimum atomic E-state index is -0.520. The van der Waals surface area contributed by atoms with Crippen LogP contribution in [0.1, 0.15) is 13.8 Å². The Labute approximate surface area is 111 Å². The Morgan fingerprint density at radius 2 is 2.00 bits per heavy atom. The maximum absolute atomic E-state index is 10.9. The summed E-state index contributed by atoms with van der Waals surface area (Å²) >= 11 is 0. The third kappa shape index (κ3) is 4.38. The predicted molar refractivity (Wildman–Crippen MR) is 70.4 cm³/mol. The Morgan fingerprint density at radius 3 is 2.47 bits per heavy atom. The summed E-state index contributed by atoms with van der Waals surface area (Å²) in [6.07, 6.45) is -0.194. The summed E-state index contributed by atoms with van der Waals surface area (Å²) in [6, 6.07) is 3.79. The number of nitrogens with one attached hydrogen (secondary N) is 1. The van der Waals surface area contributed by atoms with Gasteiger partial charge in [-0.3, -0.25) is 10.1 Å². The molecule has 0 aliphatic rings. The lowest BCUT2D eigenvalue weighted by molar-refractivity contribution is -0.386. The average molecular weight is 270 g/mol. The van der Waals surface area contributed by atoms with Crippen molar-refractivity contribution in [2.45, 2.75) is 26.0 Å². The van der Waals surface area contributed by atoms with Crippen molar-refractivity contribution >= 4 is 11.4 Å². The average Bonchev–Trinajstić information content (AvgIpc) is 2.35. The standard InChI is InChI=1S/C12H18N2O5/c1-8(2)19-12-5-9(13-10(6-15)7-16)3-4-11(12)14(17)18/h3-5,8,10,13,15-16H,6-7H2,1-2H3. The van der Waals surface area contributed by atoms with Crippen LogP contribution in [0.15, 0.2) is 18.2 Å². The molecule has 0 heterocycles. The second kappa shape index (κ2) is 6.91. The van der Waals surface area contributed by atoms with Gasteiger partial charge in [0.05, 0.1) is 30.3 Å². The fourth-order valence-electron chi connectivity index (χ4n) is 1.49. The molecule has 0 radical (unpaired) electrons. The van der Waals surface area contributed by atoms with Crippen molar-refractivity contribution in [3.05, 3.63) is 28.3 Å². The van der Waals surface area contributed by atoms with E-state index in [1.807, 2.05) is 0 Å². The molecular formula is C12H18N2O5. The first-order valence-corrected chi connectivity index (χ1v) is 5.91. The zero-order chi connectivity index (χ0) is 14.4. The van der Waals surface area contributed by atoms with Crippen molar-refractivity contribution in [3.8, 4) is 5.75 Å². The van der Waals surface area contributed by atoms with Gasteiger partial charge in [-0.1, -0.05) is 0 Å². The molecule has 0 aliphatic heterocycles. The van der Waals surface area contributed by atoms with E-state index >= 15 is 0 Å². The molecule has 3 N–H and O–H groups in total. The van der Waals surface area contributed by atoms with Gasteiger partial charge < -0.3 is 20.3 Å². The maximum Gasteiger partial charge on any atom is 0.311 e. The quantitative estimate of drug-likeness (QED) is 0.507. The number of hydrogen-bond acceptors (Lipinski definition) is 6. The van der Waals surface area contributed by atoms with E-state index in [1.165, 1.54) is 18.2 Å². The van der Waals surface area contributed by atoms with E-state index < -0.39 is 11.0 Å². The monoisotopic (exact) mass is 270 g/mol. The Balaban J connectivity index is 3.00. The molecule has 1 aromatic carbocycles. The van der Waals surface area contributed by atoms with Crippen LogP contribution in [-0.4, -0.2) is 40.5 Å². The topological polar surface area (TPSA) is 105 Å². The predicted octanol–water partition coefficient (Wildman–Crippen LogP) is 1.15. The normalized spacial score (nSPS) is 10.8. The highest BCUT2D eigenvalue weighted by Gasteiger charge is 2.17. The van der Waals surface area contributed by atoms with Crippen molar-refractivity contribution < 1.29 is 19.9 Å². The molecule has 0 atom stereocenters. The largest absolute Gasteiger partial charge is 0.484 e. The van der Waals surface area contributed by atoms with E-state index in [9.17, 15) is 10.1 Å². The minimum absolute atomic E-state index is 0.121. The number of aliphatic hydroxyl groups is 2. The molecule has 0 saturated heterocycles. The van der Waals surface area contributed by atoms with Crippen LogP contribution in [-0.2, 0) is 0 Å². The van der Waals surface area contributed by atoms with E-state index in [0.717, 1.165) is 0 Å².